The molecule has 0 unspecified atom stereocenters. The lowest BCUT2D eigenvalue weighted by molar-refractivity contribution is 0.0698. The van der Waals surface area contributed by atoms with Gasteiger partial charge in [-0.15, -0.1) is 12.6 Å². The summed E-state index contributed by atoms with van der Waals surface area (Å²) in [5.74, 6) is -0.105. The van der Waals surface area contributed by atoms with E-state index in [1.165, 1.54) is 0 Å². The van der Waals surface area contributed by atoms with Crippen molar-refractivity contribution in [3.8, 4) is 0 Å². The van der Waals surface area contributed by atoms with Crippen LogP contribution in [0.15, 0.2) is 53.7 Å². The van der Waals surface area contributed by atoms with E-state index in [-0.39, 0.29) is 17.9 Å². The van der Waals surface area contributed by atoms with Crippen LogP contribution in [0.3, 0.4) is 0 Å². The maximum absolute atomic E-state index is 12.8. The number of carbonyl (C=O) groups excluding carboxylic acids is 2. The number of piperidine rings is 1. The highest BCUT2D eigenvalue weighted by Gasteiger charge is 2.25. The molecule has 1 aromatic heterocycles. The van der Waals surface area contributed by atoms with E-state index in [0.717, 1.165) is 23.9 Å². The molecule has 4 rings (SSSR count). The first-order chi connectivity index (χ1) is 13.1. The van der Waals surface area contributed by atoms with Gasteiger partial charge in [-0.2, -0.15) is 0 Å². The second kappa shape index (κ2) is 7.44. The summed E-state index contributed by atoms with van der Waals surface area (Å²) in [5.41, 5.74) is 2.93. The SMILES string of the molecule is O=C(NC1CCN(C(=O)c2ccc3nc[nH]c3c2)CC1)c1ccccc1S. The first kappa shape index (κ1) is 17.6. The maximum Gasteiger partial charge on any atom is 0.253 e. The third kappa shape index (κ3) is 3.68. The number of nitrogens with one attached hydrogen (secondary N) is 2. The molecule has 1 fully saturated rings. The molecule has 138 valence electrons. The zero-order chi connectivity index (χ0) is 18.8. The Morgan fingerprint density at radius 3 is 2.70 bits per heavy atom. The predicted octanol–water partition coefficient (Wildman–Crippen LogP) is 2.89. The number of hydrogen-bond acceptors (Lipinski definition) is 4. The van der Waals surface area contributed by atoms with Crippen LogP contribution in [-0.2, 0) is 0 Å². The summed E-state index contributed by atoms with van der Waals surface area (Å²) in [6.45, 7) is 1.24. The number of fused-ring (bicyclic) bond motifs is 1. The summed E-state index contributed by atoms with van der Waals surface area (Å²) in [5, 5.41) is 3.06. The van der Waals surface area contributed by atoms with E-state index >= 15 is 0 Å². The van der Waals surface area contributed by atoms with Crippen molar-refractivity contribution in [1.82, 2.24) is 20.2 Å². The number of likely N-dealkylation sites (tertiary alicyclic amines) is 1. The number of thiol groups is 1. The number of amides is 2. The van der Waals surface area contributed by atoms with Crippen molar-refractivity contribution in [3.05, 3.63) is 59.9 Å². The molecular weight excluding hydrogens is 360 g/mol. The topological polar surface area (TPSA) is 78.1 Å². The molecule has 7 heteroatoms. The number of rotatable bonds is 3. The molecule has 2 amide bonds. The van der Waals surface area contributed by atoms with Gasteiger partial charge in [-0.05, 0) is 43.2 Å². The van der Waals surface area contributed by atoms with Crippen molar-refractivity contribution in [2.75, 3.05) is 13.1 Å². The number of imidazole rings is 1. The molecule has 0 saturated carbocycles. The molecule has 1 aliphatic heterocycles. The maximum atomic E-state index is 12.8. The van der Waals surface area contributed by atoms with Gasteiger partial charge in [0.05, 0.1) is 22.9 Å². The minimum Gasteiger partial charge on any atom is -0.349 e. The van der Waals surface area contributed by atoms with Gasteiger partial charge >= 0.3 is 0 Å². The minimum atomic E-state index is -0.116. The fraction of sp³-hybridized carbons (Fsp3) is 0.250. The number of nitrogens with zero attached hydrogens (tertiary/aromatic N) is 2. The van der Waals surface area contributed by atoms with Gasteiger partial charge in [0.1, 0.15) is 0 Å². The van der Waals surface area contributed by atoms with E-state index in [1.807, 2.05) is 35.2 Å². The molecular formula is C20H20N4O2S. The van der Waals surface area contributed by atoms with Crippen molar-refractivity contribution in [1.29, 1.82) is 0 Å². The van der Waals surface area contributed by atoms with Crippen LogP contribution in [0.1, 0.15) is 33.6 Å². The van der Waals surface area contributed by atoms with Gasteiger partial charge in [-0.1, -0.05) is 12.1 Å². The molecule has 0 bridgehead atoms. The molecule has 2 N–H and O–H groups in total. The van der Waals surface area contributed by atoms with Gasteiger partial charge in [-0.3, -0.25) is 9.59 Å². The minimum absolute atomic E-state index is 0.0111. The lowest BCUT2D eigenvalue weighted by Crippen LogP contribution is -2.46. The van der Waals surface area contributed by atoms with Crippen molar-refractivity contribution < 1.29 is 9.59 Å². The Hall–Kier alpha value is -2.80. The van der Waals surface area contributed by atoms with Gasteiger partial charge in [0.15, 0.2) is 0 Å². The van der Waals surface area contributed by atoms with Crippen LogP contribution < -0.4 is 5.32 Å². The predicted molar refractivity (Wildman–Crippen MR) is 106 cm³/mol. The zero-order valence-electron chi connectivity index (χ0n) is 14.7. The Morgan fingerprint density at radius 2 is 1.93 bits per heavy atom. The van der Waals surface area contributed by atoms with Crippen molar-refractivity contribution in [2.45, 2.75) is 23.8 Å². The van der Waals surface area contributed by atoms with Crippen molar-refractivity contribution >= 4 is 35.5 Å². The molecule has 0 spiro atoms. The molecule has 1 aliphatic rings. The van der Waals surface area contributed by atoms with Crippen molar-refractivity contribution in [3.63, 3.8) is 0 Å². The van der Waals surface area contributed by atoms with Crippen LogP contribution >= 0.6 is 12.6 Å². The number of H-pyrrole nitrogens is 1. The highest BCUT2D eigenvalue weighted by Crippen LogP contribution is 2.18. The van der Waals surface area contributed by atoms with Gasteiger partial charge < -0.3 is 15.2 Å². The largest absolute Gasteiger partial charge is 0.349 e. The van der Waals surface area contributed by atoms with E-state index in [2.05, 4.69) is 27.9 Å². The summed E-state index contributed by atoms with van der Waals surface area (Å²) in [6.07, 6.45) is 3.09. The Bertz CT molecular complexity index is 992. The Balaban J connectivity index is 1.36. The molecule has 0 radical (unpaired) electrons. The Kier molecular flexibility index (Phi) is 4.85. The van der Waals surface area contributed by atoms with E-state index in [0.29, 0.717) is 29.1 Å². The Morgan fingerprint density at radius 1 is 1.15 bits per heavy atom. The molecule has 2 aromatic carbocycles. The number of aromatic nitrogens is 2. The summed E-state index contributed by atoms with van der Waals surface area (Å²) in [7, 11) is 0. The lowest BCUT2D eigenvalue weighted by Gasteiger charge is -2.32. The summed E-state index contributed by atoms with van der Waals surface area (Å²) in [4.78, 5) is 34.9. The fourth-order valence-electron chi connectivity index (χ4n) is 3.41. The molecule has 0 aliphatic carbocycles. The number of carbonyl (C=O) groups is 2. The molecule has 2 heterocycles. The third-order valence-electron chi connectivity index (χ3n) is 4.93. The molecule has 1 saturated heterocycles. The summed E-state index contributed by atoms with van der Waals surface area (Å²) < 4.78 is 0. The monoisotopic (exact) mass is 380 g/mol. The normalized spacial score (nSPS) is 15.1. The van der Waals surface area contributed by atoms with Crippen molar-refractivity contribution in [2.24, 2.45) is 0 Å². The molecule has 6 nitrogen and oxygen atoms in total. The third-order valence-corrected chi connectivity index (χ3v) is 5.32. The smallest absolute Gasteiger partial charge is 0.253 e. The van der Waals surface area contributed by atoms with Gasteiger partial charge in [0.25, 0.3) is 11.8 Å². The molecule has 27 heavy (non-hydrogen) atoms. The summed E-state index contributed by atoms with van der Waals surface area (Å²) >= 11 is 4.34. The standard InChI is InChI=1S/C20H20N4O2S/c25-19(15-3-1-2-4-18(15)27)23-14-7-9-24(10-8-14)20(26)13-5-6-16-17(11-13)22-12-21-16/h1-6,11-12,14,27H,7-10H2,(H,21,22)(H,23,25). The van der Waals surface area contributed by atoms with E-state index in [1.54, 1.807) is 18.5 Å². The highest BCUT2D eigenvalue weighted by atomic mass is 32.1. The molecule has 0 atom stereocenters. The quantitative estimate of drug-likeness (QED) is 0.612. The number of aromatic amines is 1. The summed E-state index contributed by atoms with van der Waals surface area (Å²) in [6, 6.07) is 12.8. The first-order valence-corrected chi connectivity index (χ1v) is 9.38. The van der Waals surface area contributed by atoms with Gasteiger partial charge in [0, 0.05) is 29.6 Å². The lowest BCUT2D eigenvalue weighted by atomic mass is 10.0. The highest BCUT2D eigenvalue weighted by molar-refractivity contribution is 7.80. The van der Waals surface area contributed by atoms with E-state index in [9.17, 15) is 9.59 Å². The number of benzene rings is 2. The molecule has 3 aromatic rings. The van der Waals surface area contributed by atoms with Crippen LogP contribution in [0.4, 0.5) is 0 Å². The van der Waals surface area contributed by atoms with Crippen LogP contribution in [0.5, 0.6) is 0 Å². The second-order valence-electron chi connectivity index (χ2n) is 6.69. The van der Waals surface area contributed by atoms with Crippen LogP contribution in [0, 0.1) is 0 Å². The van der Waals surface area contributed by atoms with Gasteiger partial charge in [0.2, 0.25) is 0 Å². The van der Waals surface area contributed by atoms with E-state index < -0.39 is 0 Å². The first-order valence-electron chi connectivity index (χ1n) is 8.93. The number of hydrogen-bond donors (Lipinski definition) is 3. The van der Waals surface area contributed by atoms with Crippen LogP contribution in [0.25, 0.3) is 11.0 Å². The fourth-order valence-corrected chi connectivity index (χ4v) is 3.67. The van der Waals surface area contributed by atoms with Crippen LogP contribution in [0.2, 0.25) is 0 Å². The average molecular weight is 380 g/mol. The average Bonchev–Trinajstić information content (AvgIpc) is 3.16. The van der Waals surface area contributed by atoms with Crippen LogP contribution in [-0.4, -0.2) is 45.8 Å². The Labute approximate surface area is 162 Å². The van der Waals surface area contributed by atoms with Gasteiger partial charge in [-0.25, -0.2) is 4.98 Å². The van der Waals surface area contributed by atoms with E-state index in [4.69, 9.17) is 0 Å². The zero-order valence-corrected chi connectivity index (χ0v) is 15.6. The second-order valence-corrected chi connectivity index (χ2v) is 7.17.